The van der Waals surface area contributed by atoms with Gasteiger partial charge >= 0.3 is 5.97 Å². The Morgan fingerprint density at radius 2 is 2.20 bits per heavy atom. The van der Waals surface area contributed by atoms with Gasteiger partial charge in [-0.15, -0.1) is 11.8 Å². The van der Waals surface area contributed by atoms with Crippen molar-refractivity contribution >= 4 is 17.7 Å². The summed E-state index contributed by atoms with van der Waals surface area (Å²) in [6.07, 6.45) is 3.87. The smallest absolute Gasteiger partial charge is 0.303 e. The Bertz CT molecular complexity index is 347. The first-order valence-corrected chi connectivity index (χ1v) is 6.21. The Kier molecular flexibility index (Phi) is 4.69. The second kappa shape index (κ2) is 5.81. The van der Waals surface area contributed by atoms with Crippen LogP contribution in [0, 0.1) is 6.92 Å². The highest BCUT2D eigenvalue weighted by atomic mass is 32.2. The van der Waals surface area contributed by atoms with Crippen molar-refractivity contribution in [1.29, 1.82) is 0 Å². The van der Waals surface area contributed by atoms with Gasteiger partial charge in [0, 0.05) is 11.3 Å². The van der Waals surface area contributed by atoms with Crippen molar-refractivity contribution in [3.8, 4) is 0 Å². The zero-order chi connectivity index (χ0) is 11.3. The van der Waals surface area contributed by atoms with E-state index in [1.807, 2.05) is 6.26 Å². The van der Waals surface area contributed by atoms with Crippen molar-refractivity contribution in [3.05, 3.63) is 29.3 Å². The van der Waals surface area contributed by atoms with Crippen LogP contribution in [0.5, 0.6) is 0 Å². The van der Waals surface area contributed by atoms with Crippen molar-refractivity contribution < 1.29 is 9.90 Å². The zero-order valence-electron chi connectivity index (χ0n) is 9.12. The fraction of sp³-hybridized carbons (Fsp3) is 0.417. The first-order chi connectivity index (χ1) is 7.13. The third kappa shape index (κ3) is 3.96. The van der Waals surface area contributed by atoms with Crippen molar-refractivity contribution in [2.45, 2.75) is 31.1 Å². The fourth-order valence-corrected chi connectivity index (χ4v) is 1.94. The van der Waals surface area contributed by atoms with E-state index < -0.39 is 5.97 Å². The van der Waals surface area contributed by atoms with E-state index in [-0.39, 0.29) is 6.42 Å². The van der Waals surface area contributed by atoms with Crippen LogP contribution in [0.25, 0.3) is 0 Å². The van der Waals surface area contributed by atoms with Crippen LogP contribution in [0.2, 0.25) is 0 Å². The molecular weight excluding hydrogens is 208 g/mol. The van der Waals surface area contributed by atoms with Crippen molar-refractivity contribution in [2.75, 3.05) is 6.26 Å². The molecule has 0 aliphatic rings. The van der Waals surface area contributed by atoms with E-state index >= 15 is 0 Å². The Labute approximate surface area is 94.7 Å². The molecule has 1 N–H and O–H groups in total. The van der Waals surface area contributed by atoms with E-state index in [0.29, 0.717) is 6.42 Å². The molecule has 0 fully saturated rings. The lowest BCUT2D eigenvalue weighted by atomic mass is 10.0. The monoisotopic (exact) mass is 224 g/mol. The summed E-state index contributed by atoms with van der Waals surface area (Å²) in [5.74, 6) is -0.714. The topological polar surface area (TPSA) is 37.3 Å². The van der Waals surface area contributed by atoms with Crippen LogP contribution in [-0.2, 0) is 11.2 Å². The molecule has 0 bridgehead atoms. The quantitative estimate of drug-likeness (QED) is 0.781. The summed E-state index contributed by atoms with van der Waals surface area (Å²) < 4.78 is 0. The lowest BCUT2D eigenvalue weighted by Crippen LogP contribution is -1.97. The number of hydrogen-bond acceptors (Lipinski definition) is 2. The second-order valence-electron chi connectivity index (χ2n) is 3.54. The van der Waals surface area contributed by atoms with Gasteiger partial charge in [0.25, 0.3) is 0 Å². The minimum absolute atomic E-state index is 0.253. The van der Waals surface area contributed by atoms with Gasteiger partial charge in [0.15, 0.2) is 0 Å². The Morgan fingerprint density at radius 1 is 1.47 bits per heavy atom. The molecule has 0 atom stereocenters. The van der Waals surface area contributed by atoms with Gasteiger partial charge in [-0.1, -0.05) is 6.07 Å². The number of carbonyl (C=O) groups is 1. The normalized spacial score (nSPS) is 10.3. The third-order valence-corrected chi connectivity index (χ3v) is 3.12. The summed E-state index contributed by atoms with van der Waals surface area (Å²) in [5.41, 5.74) is 2.52. The highest BCUT2D eigenvalue weighted by Crippen LogP contribution is 2.20. The summed E-state index contributed by atoms with van der Waals surface area (Å²) >= 11 is 1.72. The highest BCUT2D eigenvalue weighted by molar-refractivity contribution is 7.98. The molecule has 0 saturated carbocycles. The van der Waals surface area contributed by atoms with Gasteiger partial charge in [0.2, 0.25) is 0 Å². The first-order valence-electron chi connectivity index (χ1n) is 4.99. The standard InChI is InChI=1S/C12H16O2S/c1-9-6-7-11(15-2)8-10(9)4-3-5-12(13)14/h6-8H,3-5H2,1-2H3,(H,13,14). The second-order valence-corrected chi connectivity index (χ2v) is 4.42. The molecule has 0 aliphatic heterocycles. The molecule has 0 aliphatic carbocycles. The summed E-state index contributed by atoms with van der Waals surface area (Å²) in [6, 6.07) is 6.35. The number of carboxylic acids is 1. The molecule has 0 radical (unpaired) electrons. The molecule has 0 saturated heterocycles. The molecule has 0 unspecified atom stereocenters. The van der Waals surface area contributed by atoms with Crippen LogP contribution in [0.1, 0.15) is 24.0 Å². The van der Waals surface area contributed by atoms with Crippen LogP contribution in [0.4, 0.5) is 0 Å². The number of aryl methyl sites for hydroxylation is 2. The maximum Gasteiger partial charge on any atom is 0.303 e. The van der Waals surface area contributed by atoms with Crippen LogP contribution >= 0.6 is 11.8 Å². The number of hydrogen-bond donors (Lipinski definition) is 1. The van der Waals surface area contributed by atoms with E-state index in [1.54, 1.807) is 11.8 Å². The van der Waals surface area contributed by atoms with Crippen LogP contribution in [0.3, 0.4) is 0 Å². The molecule has 0 spiro atoms. The highest BCUT2D eigenvalue weighted by Gasteiger charge is 2.02. The van der Waals surface area contributed by atoms with Gasteiger partial charge in [0.1, 0.15) is 0 Å². The Morgan fingerprint density at radius 3 is 2.80 bits per heavy atom. The molecule has 1 rings (SSSR count). The molecule has 1 aromatic carbocycles. The Hall–Kier alpha value is -0.960. The van der Waals surface area contributed by atoms with E-state index in [0.717, 1.165) is 6.42 Å². The fourth-order valence-electron chi connectivity index (χ4n) is 1.47. The molecule has 2 nitrogen and oxygen atoms in total. The van der Waals surface area contributed by atoms with E-state index in [9.17, 15) is 4.79 Å². The molecule has 0 aromatic heterocycles. The summed E-state index contributed by atoms with van der Waals surface area (Å²) in [7, 11) is 0. The van der Waals surface area contributed by atoms with Crippen molar-refractivity contribution in [2.24, 2.45) is 0 Å². The number of carboxylic acid groups (broad SMARTS) is 1. The van der Waals surface area contributed by atoms with Gasteiger partial charge < -0.3 is 5.11 Å². The SMILES string of the molecule is CSc1ccc(C)c(CCCC(=O)O)c1. The average Bonchev–Trinajstić information content (AvgIpc) is 2.20. The van der Waals surface area contributed by atoms with Crippen LogP contribution < -0.4 is 0 Å². The maximum atomic E-state index is 10.4. The number of thioether (sulfide) groups is 1. The van der Waals surface area contributed by atoms with Gasteiger partial charge in [-0.25, -0.2) is 0 Å². The van der Waals surface area contributed by atoms with Gasteiger partial charge in [-0.2, -0.15) is 0 Å². The summed E-state index contributed by atoms with van der Waals surface area (Å²) in [6.45, 7) is 2.07. The summed E-state index contributed by atoms with van der Waals surface area (Å²) in [4.78, 5) is 11.6. The largest absolute Gasteiger partial charge is 0.481 e. The molecule has 0 amide bonds. The number of benzene rings is 1. The van der Waals surface area contributed by atoms with Crippen molar-refractivity contribution in [1.82, 2.24) is 0 Å². The summed E-state index contributed by atoms with van der Waals surface area (Å²) in [5, 5.41) is 8.56. The third-order valence-electron chi connectivity index (χ3n) is 2.39. The van der Waals surface area contributed by atoms with Crippen LogP contribution in [0.15, 0.2) is 23.1 Å². The maximum absolute atomic E-state index is 10.4. The van der Waals surface area contributed by atoms with Gasteiger partial charge in [-0.3, -0.25) is 4.79 Å². The molecule has 3 heteroatoms. The molecule has 0 heterocycles. The molecule has 82 valence electrons. The van der Waals surface area contributed by atoms with E-state index in [1.165, 1.54) is 16.0 Å². The van der Waals surface area contributed by atoms with E-state index in [4.69, 9.17) is 5.11 Å². The Balaban J connectivity index is 2.62. The lowest BCUT2D eigenvalue weighted by Gasteiger charge is -2.06. The lowest BCUT2D eigenvalue weighted by molar-refractivity contribution is -0.137. The number of aliphatic carboxylic acids is 1. The molecule has 15 heavy (non-hydrogen) atoms. The predicted octanol–water partition coefficient (Wildman–Crippen LogP) is 3.12. The zero-order valence-corrected chi connectivity index (χ0v) is 9.93. The minimum atomic E-state index is -0.714. The number of rotatable bonds is 5. The molecular formula is C12H16O2S. The molecule has 1 aromatic rings. The van der Waals surface area contributed by atoms with Gasteiger partial charge in [-0.05, 0) is 49.3 Å². The minimum Gasteiger partial charge on any atom is -0.481 e. The van der Waals surface area contributed by atoms with Crippen molar-refractivity contribution in [3.63, 3.8) is 0 Å². The van der Waals surface area contributed by atoms with Gasteiger partial charge in [0.05, 0.1) is 0 Å². The average molecular weight is 224 g/mol. The first kappa shape index (κ1) is 12.1. The predicted molar refractivity (Wildman–Crippen MR) is 63.5 cm³/mol. The van der Waals surface area contributed by atoms with Crippen LogP contribution in [-0.4, -0.2) is 17.3 Å². The van der Waals surface area contributed by atoms with E-state index in [2.05, 4.69) is 25.1 Å².